The molecule has 0 bridgehead atoms. The number of ether oxygens (including phenoxy) is 1. The summed E-state index contributed by atoms with van der Waals surface area (Å²) in [6.45, 7) is 5.66. The minimum Gasteiger partial charge on any atom is -0.462 e. The Bertz CT molecular complexity index is 474. The molecule has 0 aliphatic carbocycles. The Labute approximate surface area is 102 Å². The highest BCUT2D eigenvalue weighted by Crippen LogP contribution is 2.27. The molecule has 0 amide bonds. The standard InChI is InChI=1S/C12H10BrNO2/c1-3-16-12(15)8(2)11-9(7-14)5-4-6-10(11)13/h4-6H,2-3H2,1H3. The molecule has 0 saturated carbocycles. The van der Waals surface area contributed by atoms with Crippen LogP contribution in [0.4, 0.5) is 0 Å². The van der Waals surface area contributed by atoms with Crippen molar-refractivity contribution in [1.82, 2.24) is 0 Å². The fourth-order valence-electron chi connectivity index (χ4n) is 1.24. The molecule has 16 heavy (non-hydrogen) atoms. The van der Waals surface area contributed by atoms with E-state index in [4.69, 9.17) is 10.00 Å². The van der Waals surface area contributed by atoms with E-state index in [0.29, 0.717) is 15.6 Å². The van der Waals surface area contributed by atoms with Gasteiger partial charge >= 0.3 is 5.97 Å². The molecule has 0 fully saturated rings. The van der Waals surface area contributed by atoms with Crippen LogP contribution in [0.5, 0.6) is 0 Å². The zero-order valence-corrected chi connectivity index (χ0v) is 10.4. The van der Waals surface area contributed by atoms with Crippen LogP contribution in [0.1, 0.15) is 18.1 Å². The van der Waals surface area contributed by atoms with E-state index in [9.17, 15) is 4.79 Å². The van der Waals surface area contributed by atoms with Crippen LogP contribution in [0.3, 0.4) is 0 Å². The molecule has 0 N–H and O–H groups in total. The van der Waals surface area contributed by atoms with E-state index < -0.39 is 5.97 Å². The first-order valence-electron chi connectivity index (χ1n) is 4.66. The molecule has 1 rings (SSSR count). The van der Waals surface area contributed by atoms with Crippen molar-refractivity contribution in [3.8, 4) is 6.07 Å². The minimum absolute atomic E-state index is 0.186. The van der Waals surface area contributed by atoms with Crippen LogP contribution < -0.4 is 0 Å². The smallest absolute Gasteiger partial charge is 0.338 e. The molecule has 0 saturated heterocycles. The summed E-state index contributed by atoms with van der Waals surface area (Å²) < 4.78 is 5.50. The predicted octanol–water partition coefficient (Wildman–Crippen LogP) is 2.90. The molecule has 0 heterocycles. The number of halogens is 1. The second-order valence-corrected chi connectivity index (χ2v) is 3.83. The van der Waals surface area contributed by atoms with E-state index in [1.54, 1.807) is 25.1 Å². The van der Waals surface area contributed by atoms with E-state index >= 15 is 0 Å². The van der Waals surface area contributed by atoms with Crippen LogP contribution in [-0.4, -0.2) is 12.6 Å². The van der Waals surface area contributed by atoms with Crippen LogP contribution in [0.2, 0.25) is 0 Å². The second kappa shape index (κ2) is 5.47. The van der Waals surface area contributed by atoms with Gasteiger partial charge in [0.1, 0.15) is 0 Å². The largest absolute Gasteiger partial charge is 0.462 e. The number of benzene rings is 1. The average Bonchev–Trinajstić information content (AvgIpc) is 2.28. The molecule has 0 spiro atoms. The first-order chi connectivity index (χ1) is 7.61. The van der Waals surface area contributed by atoms with Crippen LogP contribution in [-0.2, 0) is 9.53 Å². The van der Waals surface area contributed by atoms with Gasteiger partial charge in [-0.2, -0.15) is 5.26 Å². The fraction of sp³-hybridized carbons (Fsp3) is 0.167. The molecule has 0 unspecified atom stereocenters. The summed E-state index contributed by atoms with van der Waals surface area (Å²) >= 11 is 3.29. The second-order valence-electron chi connectivity index (χ2n) is 2.97. The molecular formula is C12H10BrNO2. The van der Waals surface area contributed by atoms with E-state index in [-0.39, 0.29) is 12.2 Å². The molecule has 82 valence electrons. The zero-order chi connectivity index (χ0) is 12.1. The van der Waals surface area contributed by atoms with E-state index in [1.165, 1.54) is 0 Å². The van der Waals surface area contributed by atoms with Gasteiger partial charge in [0.05, 0.1) is 23.8 Å². The van der Waals surface area contributed by atoms with Crippen LogP contribution in [0.15, 0.2) is 29.3 Å². The number of nitriles is 1. The molecule has 0 aromatic heterocycles. The number of carbonyl (C=O) groups excluding carboxylic acids is 1. The van der Waals surface area contributed by atoms with Gasteiger partial charge in [0.25, 0.3) is 0 Å². The lowest BCUT2D eigenvalue weighted by Gasteiger charge is -2.08. The van der Waals surface area contributed by atoms with E-state index in [0.717, 1.165) is 0 Å². The Morgan fingerprint density at radius 3 is 2.88 bits per heavy atom. The van der Waals surface area contributed by atoms with Gasteiger partial charge in [-0.25, -0.2) is 4.79 Å². The SMILES string of the molecule is C=C(C(=O)OCC)c1c(Br)cccc1C#N. The van der Waals surface area contributed by atoms with Crippen molar-refractivity contribution in [3.05, 3.63) is 40.4 Å². The summed E-state index contributed by atoms with van der Waals surface area (Å²) in [7, 11) is 0. The third kappa shape index (κ3) is 2.50. The van der Waals surface area contributed by atoms with Gasteiger partial charge < -0.3 is 4.74 Å². The molecule has 1 aromatic rings. The Morgan fingerprint density at radius 1 is 1.62 bits per heavy atom. The summed E-state index contributed by atoms with van der Waals surface area (Å²) in [5, 5.41) is 8.94. The van der Waals surface area contributed by atoms with Gasteiger partial charge in [0, 0.05) is 10.0 Å². The molecule has 0 radical (unpaired) electrons. The van der Waals surface area contributed by atoms with Crippen molar-refractivity contribution < 1.29 is 9.53 Å². The maximum atomic E-state index is 11.5. The van der Waals surface area contributed by atoms with Crippen molar-refractivity contribution in [2.24, 2.45) is 0 Å². The van der Waals surface area contributed by atoms with Crippen molar-refractivity contribution in [1.29, 1.82) is 5.26 Å². The highest BCUT2D eigenvalue weighted by Gasteiger charge is 2.16. The summed E-state index contributed by atoms with van der Waals surface area (Å²) in [4.78, 5) is 11.5. The van der Waals surface area contributed by atoms with E-state index in [1.807, 2.05) is 6.07 Å². The third-order valence-corrected chi connectivity index (χ3v) is 2.62. The highest BCUT2D eigenvalue weighted by molar-refractivity contribution is 9.10. The number of esters is 1. The summed E-state index contributed by atoms with van der Waals surface area (Å²) in [6, 6.07) is 7.12. The van der Waals surface area contributed by atoms with Crippen LogP contribution in [0.25, 0.3) is 5.57 Å². The lowest BCUT2D eigenvalue weighted by molar-refractivity contribution is -0.136. The first-order valence-corrected chi connectivity index (χ1v) is 5.46. The van der Waals surface area contributed by atoms with Crippen LogP contribution >= 0.6 is 15.9 Å². The highest BCUT2D eigenvalue weighted by atomic mass is 79.9. The van der Waals surface area contributed by atoms with Crippen LogP contribution in [0, 0.1) is 11.3 Å². The number of rotatable bonds is 3. The lowest BCUT2D eigenvalue weighted by Crippen LogP contribution is -2.07. The number of nitrogens with zero attached hydrogens (tertiary/aromatic N) is 1. The van der Waals surface area contributed by atoms with Gasteiger partial charge in [0.15, 0.2) is 0 Å². The quantitative estimate of drug-likeness (QED) is 0.632. The fourth-order valence-corrected chi connectivity index (χ4v) is 1.85. The minimum atomic E-state index is -0.508. The monoisotopic (exact) mass is 279 g/mol. The topological polar surface area (TPSA) is 50.1 Å². The van der Waals surface area contributed by atoms with Gasteiger partial charge in [-0.1, -0.05) is 28.6 Å². The number of carbonyl (C=O) groups is 1. The van der Waals surface area contributed by atoms with Gasteiger partial charge in [0.2, 0.25) is 0 Å². The Morgan fingerprint density at radius 2 is 2.31 bits per heavy atom. The van der Waals surface area contributed by atoms with Crippen molar-refractivity contribution >= 4 is 27.5 Å². The van der Waals surface area contributed by atoms with Gasteiger partial charge in [-0.3, -0.25) is 0 Å². The molecule has 0 aliphatic rings. The van der Waals surface area contributed by atoms with Gasteiger partial charge in [-0.05, 0) is 19.1 Å². The molecule has 1 aromatic carbocycles. The Kier molecular flexibility index (Phi) is 4.27. The molecule has 4 heteroatoms. The van der Waals surface area contributed by atoms with Crippen molar-refractivity contribution in [2.45, 2.75) is 6.92 Å². The summed E-state index contributed by atoms with van der Waals surface area (Å²) in [6.07, 6.45) is 0. The third-order valence-electron chi connectivity index (χ3n) is 1.96. The molecule has 0 aliphatic heterocycles. The van der Waals surface area contributed by atoms with E-state index in [2.05, 4.69) is 22.5 Å². The summed E-state index contributed by atoms with van der Waals surface area (Å²) in [5.74, 6) is -0.508. The van der Waals surface area contributed by atoms with Crippen molar-refractivity contribution in [3.63, 3.8) is 0 Å². The van der Waals surface area contributed by atoms with Gasteiger partial charge in [-0.15, -0.1) is 0 Å². The normalized spacial score (nSPS) is 9.31. The zero-order valence-electron chi connectivity index (χ0n) is 8.79. The lowest BCUT2D eigenvalue weighted by atomic mass is 10.0. The first kappa shape index (κ1) is 12.5. The maximum Gasteiger partial charge on any atom is 0.338 e. The number of hydrogen-bond donors (Lipinski definition) is 0. The predicted molar refractivity (Wildman–Crippen MR) is 64.5 cm³/mol. The number of hydrogen-bond acceptors (Lipinski definition) is 3. The average molecular weight is 280 g/mol. The summed E-state index contributed by atoms with van der Waals surface area (Å²) in [5.41, 5.74) is 1.07. The molecule has 3 nitrogen and oxygen atoms in total. The maximum absolute atomic E-state index is 11.5. The Balaban J connectivity index is 3.18. The molecule has 0 atom stereocenters. The van der Waals surface area contributed by atoms with Crippen molar-refractivity contribution in [2.75, 3.05) is 6.61 Å². The Hall–Kier alpha value is -1.60. The molecular weight excluding hydrogens is 270 g/mol.